The third kappa shape index (κ3) is 3.25. The lowest BCUT2D eigenvalue weighted by molar-refractivity contribution is -0.0286. The van der Waals surface area contributed by atoms with Crippen LogP contribution in [-0.2, 0) is 9.57 Å². The first-order chi connectivity index (χ1) is 6.17. The minimum atomic E-state index is 0.382. The zero-order valence-corrected chi connectivity index (χ0v) is 8.93. The fourth-order valence-electron chi connectivity index (χ4n) is 1.83. The normalized spacial score (nSPS) is 26.5. The van der Waals surface area contributed by atoms with Gasteiger partial charge in [0.15, 0.2) is 0 Å². The molecule has 0 spiro atoms. The quantitative estimate of drug-likeness (QED) is 0.525. The van der Waals surface area contributed by atoms with Gasteiger partial charge in [-0.3, -0.25) is 4.84 Å². The van der Waals surface area contributed by atoms with E-state index in [9.17, 15) is 0 Å². The van der Waals surface area contributed by atoms with Gasteiger partial charge in [-0.1, -0.05) is 20.3 Å². The summed E-state index contributed by atoms with van der Waals surface area (Å²) in [5.74, 6) is 0. The molecule has 0 aromatic heterocycles. The molecule has 0 saturated heterocycles. The summed E-state index contributed by atoms with van der Waals surface area (Å²) < 4.78 is 4.89. The molecular formula is C10H21NO2. The molecule has 13 heavy (non-hydrogen) atoms. The Kier molecular flexibility index (Phi) is 4.16. The van der Waals surface area contributed by atoms with E-state index in [1.165, 1.54) is 19.3 Å². The van der Waals surface area contributed by atoms with Crippen LogP contribution >= 0.6 is 0 Å². The lowest BCUT2D eigenvalue weighted by Gasteiger charge is -2.27. The highest BCUT2D eigenvalue weighted by Gasteiger charge is 2.34. The third-order valence-corrected chi connectivity index (χ3v) is 2.87. The second kappa shape index (κ2) is 4.94. The zero-order valence-electron chi connectivity index (χ0n) is 8.93. The zero-order chi connectivity index (χ0) is 9.73. The Morgan fingerprint density at radius 2 is 2.15 bits per heavy atom. The largest absolute Gasteiger partial charge is 0.382 e. The van der Waals surface area contributed by atoms with Crippen molar-refractivity contribution in [3.8, 4) is 0 Å². The molecule has 0 radical (unpaired) electrons. The van der Waals surface area contributed by atoms with Gasteiger partial charge in [0.1, 0.15) is 0 Å². The number of nitrogens with one attached hydrogen (secondary N) is 1. The van der Waals surface area contributed by atoms with Crippen molar-refractivity contribution < 1.29 is 9.57 Å². The van der Waals surface area contributed by atoms with Crippen molar-refractivity contribution in [3.63, 3.8) is 0 Å². The molecule has 0 heterocycles. The van der Waals surface area contributed by atoms with E-state index >= 15 is 0 Å². The maximum Gasteiger partial charge on any atom is 0.0915 e. The summed E-state index contributed by atoms with van der Waals surface area (Å²) in [6, 6.07) is 0.504. The van der Waals surface area contributed by atoms with Crippen molar-refractivity contribution in [1.82, 2.24) is 5.48 Å². The molecule has 0 aliphatic heterocycles. The van der Waals surface area contributed by atoms with E-state index in [0.717, 1.165) is 0 Å². The molecule has 1 aliphatic carbocycles. The Balaban J connectivity index is 2.14. The number of rotatable bonds is 5. The smallest absolute Gasteiger partial charge is 0.0915 e. The number of hydrogen-bond acceptors (Lipinski definition) is 3. The summed E-state index contributed by atoms with van der Waals surface area (Å²) in [4.78, 5) is 5.32. The molecular weight excluding hydrogens is 166 g/mol. The fraction of sp³-hybridized carbons (Fsp3) is 1.00. The van der Waals surface area contributed by atoms with E-state index in [0.29, 0.717) is 24.7 Å². The van der Waals surface area contributed by atoms with Crippen LogP contribution in [0.5, 0.6) is 0 Å². The van der Waals surface area contributed by atoms with Gasteiger partial charge in [-0.25, -0.2) is 0 Å². The molecule has 1 atom stereocenters. The van der Waals surface area contributed by atoms with Crippen LogP contribution in [0.3, 0.4) is 0 Å². The van der Waals surface area contributed by atoms with Gasteiger partial charge in [-0.2, -0.15) is 5.48 Å². The van der Waals surface area contributed by atoms with E-state index in [-0.39, 0.29) is 0 Å². The highest BCUT2D eigenvalue weighted by atomic mass is 16.7. The minimum Gasteiger partial charge on any atom is -0.382 e. The van der Waals surface area contributed by atoms with Gasteiger partial charge in [0, 0.05) is 13.2 Å². The molecule has 0 aromatic carbocycles. The monoisotopic (exact) mass is 187 g/mol. The van der Waals surface area contributed by atoms with Crippen LogP contribution in [0.1, 0.15) is 33.1 Å². The molecule has 78 valence electrons. The Bertz CT molecular complexity index is 148. The topological polar surface area (TPSA) is 30.5 Å². The molecule has 3 nitrogen and oxygen atoms in total. The molecule has 1 N–H and O–H groups in total. The van der Waals surface area contributed by atoms with Crippen molar-refractivity contribution in [2.24, 2.45) is 5.41 Å². The molecule has 0 bridgehead atoms. The second-order valence-corrected chi connectivity index (χ2v) is 4.39. The standard InChI is InChI=1S/C10H21NO2/c1-10(2)6-4-5-9(10)11-13-8-7-12-3/h9,11H,4-8H2,1-3H3. The number of ether oxygens (including phenoxy) is 1. The van der Waals surface area contributed by atoms with Gasteiger partial charge in [0.25, 0.3) is 0 Å². The van der Waals surface area contributed by atoms with Gasteiger partial charge < -0.3 is 4.74 Å². The Morgan fingerprint density at radius 1 is 1.38 bits per heavy atom. The van der Waals surface area contributed by atoms with Gasteiger partial charge in [0.2, 0.25) is 0 Å². The van der Waals surface area contributed by atoms with E-state index in [2.05, 4.69) is 19.3 Å². The Morgan fingerprint density at radius 3 is 2.69 bits per heavy atom. The van der Waals surface area contributed by atoms with Crippen molar-refractivity contribution in [2.45, 2.75) is 39.2 Å². The van der Waals surface area contributed by atoms with Crippen LogP contribution in [0.25, 0.3) is 0 Å². The average molecular weight is 187 g/mol. The molecule has 1 fully saturated rings. The maximum absolute atomic E-state index is 5.32. The second-order valence-electron chi connectivity index (χ2n) is 4.39. The van der Waals surface area contributed by atoms with Crippen LogP contribution in [0.4, 0.5) is 0 Å². The van der Waals surface area contributed by atoms with E-state index in [4.69, 9.17) is 9.57 Å². The molecule has 1 saturated carbocycles. The Labute approximate surface area is 80.7 Å². The van der Waals surface area contributed by atoms with Crippen molar-refractivity contribution in [3.05, 3.63) is 0 Å². The summed E-state index contributed by atoms with van der Waals surface area (Å²) in [5, 5.41) is 0. The molecule has 1 unspecified atom stereocenters. The highest BCUT2D eigenvalue weighted by Crippen LogP contribution is 2.36. The fourth-order valence-corrected chi connectivity index (χ4v) is 1.83. The summed E-state index contributed by atoms with van der Waals surface area (Å²) in [6.07, 6.45) is 3.82. The van der Waals surface area contributed by atoms with Crippen LogP contribution in [-0.4, -0.2) is 26.4 Å². The van der Waals surface area contributed by atoms with Crippen molar-refractivity contribution >= 4 is 0 Å². The van der Waals surface area contributed by atoms with Crippen LogP contribution < -0.4 is 5.48 Å². The first kappa shape index (κ1) is 11.0. The van der Waals surface area contributed by atoms with Gasteiger partial charge >= 0.3 is 0 Å². The van der Waals surface area contributed by atoms with Crippen molar-refractivity contribution in [1.29, 1.82) is 0 Å². The minimum absolute atomic E-state index is 0.382. The van der Waals surface area contributed by atoms with Gasteiger partial charge in [-0.15, -0.1) is 0 Å². The summed E-state index contributed by atoms with van der Waals surface area (Å²) in [6.45, 7) is 5.86. The Hall–Kier alpha value is -0.120. The van der Waals surface area contributed by atoms with Crippen LogP contribution in [0.2, 0.25) is 0 Å². The molecule has 1 aliphatic rings. The SMILES string of the molecule is COCCONC1CCCC1(C)C. The van der Waals surface area contributed by atoms with Crippen LogP contribution in [0.15, 0.2) is 0 Å². The highest BCUT2D eigenvalue weighted by molar-refractivity contribution is 4.88. The third-order valence-electron chi connectivity index (χ3n) is 2.87. The average Bonchev–Trinajstić information content (AvgIpc) is 2.40. The van der Waals surface area contributed by atoms with Crippen molar-refractivity contribution in [2.75, 3.05) is 20.3 Å². The predicted molar refractivity (Wildman–Crippen MR) is 52.4 cm³/mol. The molecule has 1 rings (SSSR count). The molecule has 0 amide bonds. The lowest BCUT2D eigenvalue weighted by Crippen LogP contribution is -2.38. The summed E-state index contributed by atoms with van der Waals surface area (Å²) >= 11 is 0. The van der Waals surface area contributed by atoms with E-state index in [1.807, 2.05) is 0 Å². The summed E-state index contributed by atoms with van der Waals surface area (Å²) in [7, 11) is 1.68. The van der Waals surface area contributed by atoms with Gasteiger partial charge in [-0.05, 0) is 18.3 Å². The first-order valence-electron chi connectivity index (χ1n) is 5.03. The first-order valence-corrected chi connectivity index (χ1v) is 5.03. The maximum atomic E-state index is 5.32. The molecule has 0 aromatic rings. The van der Waals surface area contributed by atoms with Gasteiger partial charge in [0.05, 0.1) is 13.2 Å². The van der Waals surface area contributed by atoms with E-state index < -0.39 is 0 Å². The lowest BCUT2D eigenvalue weighted by atomic mass is 9.88. The number of hydrogen-bond donors (Lipinski definition) is 1. The summed E-state index contributed by atoms with van der Waals surface area (Å²) in [5.41, 5.74) is 3.51. The predicted octanol–water partition coefficient (Wildman–Crippen LogP) is 1.73. The van der Waals surface area contributed by atoms with Crippen LogP contribution in [0, 0.1) is 5.41 Å². The number of methoxy groups -OCH3 is 1. The van der Waals surface area contributed by atoms with E-state index in [1.54, 1.807) is 7.11 Å². The molecule has 3 heteroatoms. The number of hydroxylamine groups is 1.